The van der Waals surface area contributed by atoms with E-state index < -0.39 is 54.0 Å². The summed E-state index contributed by atoms with van der Waals surface area (Å²) in [6, 6.07) is 15.2. The lowest BCUT2D eigenvalue weighted by molar-refractivity contribution is -0.157. The van der Waals surface area contributed by atoms with Gasteiger partial charge in [0.05, 0.1) is 0 Å². The molecule has 1 saturated heterocycles. The highest BCUT2D eigenvalue weighted by molar-refractivity contribution is 5.98. The summed E-state index contributed by atoms with van der Waals surface area (Å²) in [6.45, 7) is 6.43. The van der Waals surface area contributed by atoms with E-state index in [0.29, 0.717) is 17.5 Å². The maximum atomic E-state index is 13.4. The molecule has 2 aromatic rings. The molecule has 0 unspecified atom stereocenters. The minimum Gasteiger partial charge on any atom is -0.479 e. The quantitative estimate of drug-likeness (QED) is 0.254. The Morgan fingerprint density at radius 3 is 2.12 bits per heavy atom. The van der Waals surface area contributed by atoms with Crippen LogP contribution in [0, 0.1) is 17.3 Å². The van der Waals surface area contributed by atoms with Crippen molar-refractivity contribution in [1.82, 2.24) is 10.2 Å². The average molecular weight is 583 g/mol. The predicted octanol–water partition coefficient (Wildman–Crippen LogP) is 4.60. The number of nitrogens with one attached hydrogen (secondary N) is 1. The molecule has 4 atom stereocenters. The molecule has 226 valence electrons. The van der Waals surface area contributed by atoms with Gasteiger partial charge in [-0.3, -0.25) is 9.69 Å². The summed E-state index contributed by atoms with van der Waals surface area (Å²) in [7, 11) is 0. The zero-order chi connectivity index (χ0) is 31.1. The number of rotatable bonds is 11. The molecule has 42 heavy (non-hydrogen) atoms. The molecule has 11 heteroatoms. The second kappa shape index (κ2) is 13.5. The van der Waals surface area contributed by atoms with Crippen LogP contribution in [-0.4, -0.2) is 69.8 Å². The summed E-state index contributed by atoms with van der Waals surface area (Å²) >= 11 is 0. The highest BCUT2D eigenvalue weighted by Gasteiger charge is 2.60. The second-order valence-corrected chi connectivity index (χ2v) is 11.8. The number of carboxylic acid groups (broad SMARTS) is 2. The molecule has 2 aromatic carbocycles. The lowest BCUT2D eigenvalue weighted by atomic mass is 9.74. The van der Waals surface area contributed by atoms with E-state index in [4.69, 9.17) is 9.47 Å². The molecular formula is C31H38N2O9. The number of carbonyl (C=O) groups excluding carboxylic acids is 3. The lowest BCUT2D eigenvalue weighted by Gasteiger charge is -2.40. The number of likely N-dealkylation sites (tertiary alicyclic amines) is 1. The molecule has 0 bridgehead atoms. The van der Waals surface area contributed by atoms with Crippen LogP contribution >= 0.6 is 0 Å². The lowest BCUT2D eigenvalue weighted by Crippen LogP contribution is -2.63. The highest BCUT2D eigenvalue weighted by atomic mass is 16.6. The smallest absolute Gasteiger partial charge is 0.408 e. The first-order chi connectivity index (χ1) is 19.7. The molecule has 3 N–H and O–H groups in total. The maximum absolute atomic E-state index is 13.4. The van der Waals surface area contributed by atoms with Crippen LogP contribution in [-0.2, 0) is 25.7 Å². The number of amides is 2. The minimum absolute atomic E-state index is 0.0596. The van der Waals surface area contributed by atoms with Gasteiger partial charge in [0, 0.05) is 18.0 Å². The Bertz CT molecular complexity index is 1280. The highest BCUT2D eigenvalue weighted by Crippen LogP contribution is 2.44. The van der Waals surface area contributed by atoms with Gasteiger partial charge in [-0.1, -0.05) is 88.4 Å². The average Bonchev–Trinajstić information content (AvgIpc) is 3.33. The summed E-state index contributed by atoms with van der Waals surface area (Å²) in [5.41, 5.74) is -1.32. The third kappa shape index (κ3) is 7.86. The first kappa shape index (κ1) is 32.1. The summed E-state index contributed by atoms with van der Waals surface area (Å²) in [6.07, 6.45) is -2.04. The molecule has 1 fully saturated rings. The van der Waals surface area contributed by atoms with Crippen LogP contribution in [0.3, 0.4) is 0 Å². The first-order valence-corrected chi connectivity index (χ1v) is 13.7. The standard InChI is InChI=1S/C31H38N2O9/c1-20(31(27(36)37)16-22(15-30(2,3)4)17-33(31)29(39)40)25(32-28(38)42-18-21-11-7-5-8-12-21)26(35)41-19-24(34)23-13-9-6-10-14-23/h5-14,20,22,25H,15-19H2,1-4H3,(H,32,38)(H,36,37)(H,39,40)/t20-,22-,25-,31-/m0/s1. The predicted molar refractivity (Wildman–Crippen MR) is 152 cm³/mol. The van der Waals surface area contributed by atoms with E-state index in [2.05, 4.69) is 5.32 Å². The van der Waals surface area contributed by atoms with Crippen LogP contribution in [0.2, 0.25) is 0 Å². The van der Waals surface area contributed by atoms with Crippen molar-refractivity contribution in [3.05, 3.63) is 71.8 Å². The van der Waals surface area contributed by atoms with Gasteiger partial charge in [0.15, 0.2) is 12.4 Å². The van der Waals surface area contributed by atoms with Crippen LogP contribution in [0.4, 0.5) is 9.59 Å². The maximum Gasteiger partial charge on any atom is 0.408 e. The number of hydrogen-bond donors (Lipinski definition) is 3. The zero-order valence-corrected chi connectivity index (χ0v) is 24.2. The fourth-order valence-electron chi connectivity index (χ4n) is 5.61. The van der Waals surface area contributed by atoms with Crippen LogP contribution in [0.1, 0.15) is 56.5 Å². The molecule has 0 radical (unpaired) electrons. The normalized spacial score (nSPS) is 19.8. The van der Waals surface area contributed by atoms with Crippen molar-refractivity contribution in [1.29, 1.82) is 0 Å². The number of ketones is 1. The Labute approximate surface area is 244 Å². The number of carboxylic acids is 1. The monoisotopic (exact) mass is 582 g/mol. The van der Waals surface area contributed by atoms with Gasteiger partial charge in [0.1, 0.15) is 18.2 Å². The van der Waals surface area contributed by atoms with E-state index in [1.165, 1.54) is 6.92 Å². The van der Waals surface area contributed by atoms with Gasteiger partial charge in [0.2, 0.25) is 0 Å². The fourth-order valence-corrected chi connectivity index (χ4v) is 5.61. The molecule has 0 spiro atoms. The number of Topliss-reactive ketones (excluding diaryl/α,β-unsaturated/α-hetero) is 1. The van der Waals surface area contributed by atoms with Gasteiger partial charge in [-0.25, -0.2) is 19.2 Å². The number of nitrogens with zero attached hydrogens (tertiary/aromatic N) is 1. The molecule has 1 aliphatic heterocycles. The topological polar surface area (TPSA) is 160 Å². The van der Waals surface area contributed by atoms with Gasteiger partial charge >= 0.3 is 24.1 Å². The summed E-state index contributed by atoms with van der Waals surface area (Å²) < 4.78 is 10.5. The summed E-state index contributed by atoms with van der Waals surface area (Å²) in [5, 5.41) is 23.0. The second-order valence-electron chi connectivity index (χ2n) is 11.8. The number of aliphatic carboxylic acids is 1. The van der Waals surface area contributed by atoms with Crippen LogP contribution in [0.25, 0.3) is 0 Å². The molecule has 1 aliphatic rings. The van der Waals surface area contributed by atoms with Gasteiger partial charge in [-0.15, -0.1) is 0 Å². The van der Waals surface area contributed by atoms with Crippen molar-refractivity contribution in [2.75, 3.05) is 13.2 Å². The number of ether oxygens (including phenoxy) is 2. The minimum atomic E-state index is -2.07. The molecule has 2 amide bonds. The Balaban J connectivity index is 1.90. The van der Waals surface area contributed by atoms with E-state index in [1.807, 2.05) is 20.8 Å². The van der Waals surface area contributed by atoms with Crippen molar-refractivity contribution in [2.24, 2.45) is 17.3 Å². The largest absolute Gasteiger partial charge is 0.479 e. The molecule has 1 heterocycles. The summed E-state index contributed by atoms with van der Waals surface area (Å²) in [4.78, 5) is 65.0. The molecule has 3 rings (SSSR count). The van der Waals surface area contributed by atoms with E-state index >= 15 is 0 Å². The summed E-state index contributed by atoms with van der Waals surface area (Å²) in [5.74, 6) is -4.67. The molecule has 0 aromatic heterocycles. The number of hydrogen-bond acceptors (Lipinski definition) is 7. The molecule has 0 saturated carbocycles. The molecular weight excluding hydrogens is 544 g/mol. The first-order valence-electron chi connectivity index (χ1n) is 13.7. The number of alkyl carbamates (subject to hydrolysis) is 1. The van der Waals surface area contributed by atoms with Gasteiger partial charge in [-0.2, -0.15) is 0 Å². The Morgan fingerprint density at radius 2 is 1.57 bits per heavy atom. The van der Waals surface area contributed by atoms with E-state index in [9.17, 15) is 34.2 Å². The molecule has 11 nitrogen and oxygen atoms in total. The van der Waals surface area contributed by atoms with Crippen molar-refractivity contribution < 1.29 is 43.7 Å². The van der Waals surface area contributed by atoms with Crippen molar-refractivity contribution in [3.8, 4) is 0 Å². The fraction of sp³-hybridized carbons (Fsp3) is 0.452. The van der Waals surface area contributed by atoms with E-state index in [1.54, 1.807) is 60.7 Å². The number of carbonyl (C=O) groups is 5. The Morgan fingerprint density at radius 1 is 0.976 bits per heavy atom. The van der Waals surface area contributed by atoms with Crippen LogP contribution in [0.5, 0.6) is 0 Å². The van der Waals surface area contributed by atoms with Gasteiger partial charge < -0.3 is 25.0 Å². The van der Waals surface area contributed by atoms with E-state index in [-0.39, 0.29) is 30.9 Å². The van der Waals surface area contributed by atoms with Crippen LogP contribution < -0.4 is 5.32 Å². The Kier molecular flexibility index (Phi) is 10.3. The van der Waals surface area contributed by atoms with Gasteiger partial charge in [0.25, 0.3) is 0 Å². The molecule has 0 aliphatic carbocycles. The number of esters is 1. The zero-order valence-electron chi connectivity index (χ0n) is 24.2. The third-order valence-corrected chi connectivity index (χ3v) is 7.46. The Hall–Kier alpha value is -4.41. The van der Waals surface area contributed by atoms with Crippen molar-refractivity contribution >= 4 is 29.9 Å². The third-order valence-electron chi connectivity index (χ3n) is 7.46. The van der Waals surface area contributed by atoms with Crippen molar-refractivity contribution in [2.45, 2.75) is 58.7 Å². The van der Waals surface area contributed by atoms with Crippen molar-refractivity contribution in [3.63, 3.8) is 0 Å². The van der Waals surface area contributed by atoms with E-state index in [0.717, 1.165) is 4.90 Å². The SMILES string of the molecule is C[C@@H]([C@H](NC(=O)OCc1ccccc1)C(=O)OCC(=O)c1ccccc1)[C@]1(C(=O)O)C[C@H](CC(C)(C)C)CN1C(=O)O. The van der Waals surface area contributed by atoms with Gasteiger partial charge in [-0.05, 0) is 29.7 Å². The van der Waals surface area contributed by atoms with Crippen LogP contribution in [0.15, 0.2) is 60.7 Å². The number of benzene rings is 2.